The molecule has 0 aliphatic heterocycles. The Hall–Kier alpha value is -1.28. The van der Waals surface area contributed by atoms with Crippen LogP contribution in [0.25, 0.3) is 11.1 Å². The second-order valence-corrected chi connectivity index (χ2v) is 4.03. The first kappa shape index (κ1) is 8.98. The Labute approximate surface area is 97.2 Å². The maximum atomic E-state index is 5.23. The molecule has 0 unspecified atom stereocenters. The first-order valence-electron chi connectivity index (χ1n) is 4.89. The summed E-state index contributed by atoms with van der Waals surface area (Å²) in [7, 11) is 0. The molecule has 0 fully saturated rings. The van der Waals surface area contributed by atoms with Gasteiger partial charge in [-0.05, 0) is 29.2 Å². The molecule has 74 valence electrons. The van der Waals surface area contributed by atoms with Crippen LogP contribution in [0, 0.1) is 0 Å². The minimum Gasteiger partial charge on any atom is -0.417 e. The minimum absolute atomic E-state index is 0.900. The topological polar surface area (TPSA) is 9.23 Å². The average Bonchev–Trinajstić information content (AvgIpc) is 2.67. The van der Waals surface area contributed by atoms with Gasteiger partial charge < -0.3 is 3.83 Å². The lowest BCUT2D eigenvalue weighted by atomic mass is 10.1. The predicted molar refractivity (Wildman–Crippen MR) is 64.2 cm³/mol. The van der Waals surface area contributed by atoms with Crippen LogP contribution < -0.4 is 3.83 Å². The predicted octanol–water partition coefficient (Wildman–Crippen LogP) is 3.95. The molecule has 1 aliphatic carbocycles. The van der Waals surface area contributed by atoms with Crippen molar-refractivity contribution in [3.63, 3.8) is 0 Å². The lowest BCUT2D eigenvalue weighted by Gasteiger charge is -2.05. The van der Waals surface area contributed by atoms with E-state index in [2.05, 4.69) is 46.6 Å². The van der Waals surface area contributed by atoms with Crippen molar-refractivity contribution in [1.82, 2.24) is 0 Å². The molecule has 0 bridgehead atoms. The third-order valence-corrected chi connectivity index (χ3v) is 3.21. The quantitative estimate of drug-likeness (QED) is 0.644. The van der Waals surface area contributed by atoms with E-state index in [1.807, 2.05) is 12.1 Å². The standard InChI is InChI=1S/C13H9BrO/c14-15-12-7-3-5-10-8-9-4-1-2-6-11(9)13(10)12/h1-7H,8H2. The molecule has 0 amide bonds. The van der Waals surface area contributed by atoms with Gasteiger partial charge in [0.1, 0.15) is 5.75 Å². The molecular weight excluding hydrogens is 252 g/mol. The van der Waals surface area contributed by atoms with Gasteiger partial charge in [-0.2, -0.15) is 0 Å². The van der Waals surface area contributed by atoms with Gasteiger partial charge in [0.15, 0.2) is 16.3 Å². The summed E-state index contributed by atoms with van der Waals surface area (Å²) in [5.74, 6) is 0.900. The molecule has 0 saturated carbocycles. The van der Waals surface area contributed by atoms with Crippen molar-refractivity contribution in [2.75, 3.05) is 0 Å². The van der Waals surface area contributed by atoms with Crippen molar-refractivity contribution in [2.24, 2.45) is 0 Å². The van der Waals surface area contributed by atoms with Gasteiger partial charge in [-0.25, -0.2) is 0 Å². The highest BCUT2D eigenvalue weighted by Gasteiger charge is 2.21. The van der Waals surface area contributed by atoms with E-state index in [0.717, 1.165) is 12.2 Å². The summed E-state index contributed by atoms with van der Waals surface area (Å²) in [5, 5.41) is 0. The van der Waals surface area contributed by atoms with E-state index in [1.165, 1.54) is 22.3 Å². The second-order valence-electron chi connectivity index (χ2n) is 3.70. The molecule has 0 atom stereocenters. The molecule has 0 heterocycles. The zero-order valence-electron chi connectivity index (χ0n) is 8.03. The van der Waals surface area contributed by atoms with E-state index in [9.17, 15) is 0 Å². The van der Waals surface area contributed by atoms with Gasteiger partial charge in [-0.15, -0.1) is 0 Å². The molecule has 2 heteroatoms. The van der Waals surface area contributed by atoms with Gasteiger partial charge in [0, 0.05) is 5.56 Å². The van der Waals surface area contributed by atoms with Crippen molar-refractivity contribution >= 4 is 16.3 Å². The maximum absolute atomic E-state index is 5.23. The molecule has 0 saturated heterocycles. The van der Waals surface area contributed by atoms with Crippen LogP contribution in [0.1, 0.15) is 11.1 Å². The lowest BCUT2D eigenvalue weighted by molar-refractivity contribution is 0.680. The molecule has 0 N–H and O–H groups in total. The average molecular weight is 261 g/mol. The molecule has 15 heavy (non-hydrogen) atoms. The summed E-state index contributed by atoms with van der Waals surface area (Å²) in [6.45, 7) is 0. The zero-order valence-corrected chi connectivity index (χ0v) is 9.62. The van der Waals surface area contributed by atoms with Gasteiger partial charge in [-0.3, -0.25) is 0 Å². The minimum atomic E-state index is 0.900. The summed E-state index contributed by atoms with van der Waals surface area (Å²) in [5.41, 5.74) is 5.24. The first-order chi connectivity index (χ1) is 7.40. The van der Waals surface area contributed by atoms with Crippen LogP contribution in [0.15, 0.2) is 42.5 Å². The third-order valence-electron chi connectivity index (χ3n) is 2.86. The van der Waals surface area contributed by atoms with Crippen LogP contribution in [0.5, 0.6) is 5.75 Å². The zero-order chi connectivity index (χ0) is 10.3. The summed E-state index contributed by atoms with van der Waals surface area (Å²) < 4.78 is 5.23. The van der Waals surface area contributed by atoms with Crippen LogP contribution in [-0.4, -0.2) is 0 Å². The Morgan fingerprint density at radius 3 is 2.60 bits per heavy atom. The molecule has 0 radical (unpaired) electrons. The van der Waals surface area contributed by atoms with Crippen LogP contribution in [-0.2, 0) is 6.42 Å². The number of hydrogen-bond acceptors (Lipinski definition) is 1. The summed E-state index contributed by atoms with van der Waals surface area (Å²) in [6, 6.07) is 14.6. The fourth-order valence-corrected chi connectivity index (χ4v) is 2.49. The van der Waals surface area contributed by atoms with Crippen LogP contribution >= 0.6 is 16.3 Å². The lowest BCUT2D eigenvalue weighted by Crippen LogP contribution is -1.82. The van der Waals surface area contributed by atoms with Crippen LogP contribution in [0.3, 0.4) is 0 Å². The normalized spacial score (nSPS) is 12.1. The largest absolute Gasteiger partial charge is 0.417 e. The highest BCUT2D eigenvalue weighted by molar-refractivity contribution is 9.06. The van der Waals surface area contributed by atoms with Crippen molar-refractivity contribution in [3.8, 4) is 16.9 Å². The van der Waals surface area contributed by atoms with E-state index in [-0.39, 0.29) is 0 Å². The van der Waals surface area contributed by atoms with Crippen molar-refractivity contribution in [1.29, 1.82) is 0 Å². The van der Waals surface area contributed by atoms with Gasteiger partial charge in [-0.1, -0.05) is 36.4 Å². The molecule has 2 aromatic rings. The Kier molecular flexibility index (Phi) is 2.03. The smallest absolute Gasteiger partial charge is 0.179 e. The van der Waals surface area contributed by atoms with E-state index in [0.29, 0.717) is 0 Å². The Bertz CT molecular complexity index is 520. The Morgan fingerprint density at radius 1 is 0.933 bits per heavy atom. The maximum Gasteiger partial charge on any atom is 0.179 e. The molecule has 1 aliphatic rings. The number of hydrogen-bond donors (Lipinski definition) is 0. The number of halogens is 1. The molecule has 0 spiro atoms. The highest BCUT2D eigenvalue weighted by Crippen LogP contribution is 2.42. The number of fused-ring (bicyclic) bond motifs is 3. The second kappa shape index (κ2) is 3.38. The highest BCUT2D eigenvalue weighted by atomic mass is 79.9. The van der Waals surface area contributed by atoms with Crippen molar-refractivity contribution < 1.29 is 3.83 Å². The Morgan fingerprint density at radius 2 is 1.73 bits per heavy atom. The molecule has 3 rings (SSSR count). The van der Waals surface area contributed by atoms with Crippen molar-refractivity contribution in [3.05, 3.63) is 53.6 Å². The number of rotatable bonds is 1. The van der Waals surface area contributed by atoms with Gasteiger partial charge >= 0.3 is 0 Å². The summed E-state index contributed by atoms with van der Waals surface area (Å²) in [4.78, 5) is 0. The Balaban J connectivity index is 2.30. The fraction of sp³-hybridized carbons (Fsp3) is 0.0769. The van der Waals surface area contributed by atoms with Gasteiger partial charge in [0.25, 0.3) is 0 Å². The first-order valence-corrected chi connectivity index (χ1v) is 5.53. The molecule has 1 nitrogen and oxygen atoms in total. The molecule has 2 aromatic carbocycles. The SMILES string of the molecule is BrOc1cccc2c1-c1ccccc1C2. The summed E-state index contributed by atoms with van der Waals surface area (Å²) >= 11 is 3.06. The van der Waals surface area contributed by atoms with Crippen molar-refractivity contribution in [2.45, 2.75) is 6.42 Å². The third kappa shape index (κ3) is 1.29. The van der Waals surface area contributed by atoms with E-state index in [4.69, 9.17) is 3.83 Å². The molecule has 0 aromatic heterocycles. The van der Waals surface area contributed by atoms with Gasteiger partial charge in [0.05, 0.1) is 0 Å². The molecular formula is C13H9BrO. The number of benzene rings is 2. The van der Waals surface area contributed by atoms with E-state index >= 15 is 0 Å². The van der Waals surface area contributed by atoms with E-state index < -0.39 is 0 Å². The van der Waals surface area contributed by atoms with Crippen LogP contribution in [0.4, 0.5) is 0 Å². The fourth-order valence-electron chi connectivity index (χ4n) is 2.22. The van der Waals surface area contributed by atoms with E-state index in [1.54, 1.807) is 0 Å². The van der Waals surface area contributed by atoms with Gasteiger partial charge in [0.2, 0.25) is 0 Å². The summed E-state index contributed by atoms with van der Waals surface area (Å²) in [6.07, 6.45) is 1.01. The monoisotopic (exact) mass is 260 g/mol. The van der Waals surface area contributed by atoms with Crippen LogP contribution in [0.2, 0.25) is 0 Å².